The van der Waals surface area contributed by atoms with Crippen LogP contribution in [0.15, 0.2) is 65.9 Å². The second kappa shape index (κ2) is 10.6. The molecule has 0 saturated carbocycles. The van der Waals surface area contributed by atoms with Crippen molar-refractivity contribution >= 4 is 29.9 Å². The van der Waals surface area contributed by atoms with E-state index >= 15 is 0 Å². The van der Waals surface area contributed by atoms with Crippen LogP contribution in [0.5, 0.6) is 5.75 Å². The summed E-state index contributed by atoms with van der Waals surface area (Å²) in [5, 5.41) is 11.6. The van der Waals surface area contributed by atoms with Gasteiger partial charge >= 0.3 is 0 Å². The van der Waals surface area contributed by atoms with Crippen molar-refractivity contribution in [3.63, 3.8) is 0 Å². The second-order valence-electron chi connectivity index (χ2n) is 6.06. The summed E-state index contributed by atoms with van der Waals surface area (Å²) in [6.45, 7) is 1.25. The molecule has 1 N–H and O–H groups in total. The zero-order chi connectivity index (χ0) is 19.1. The van der Waals surface area contributed by atoms with E-state index in [2.05, 4.69) is 37.5 Å². The number of ether oxygens (including phenoxy) is 1. The van der Waals surface area contributed by atoms with Crippen LogP contribution in [-0.2, 0) is 13.1 Å². The molecule has 0 fully saturated rings. The van der Waals surface area contributed by atoms with E-state index in [0.29, 0.717) is 6.54 Å². The van der Waals surface area contributed by atoms with Crippen LogP contribution in [0.3, 0.4) is 0 Å². The molecule has 1 aromatic heterocycles. The summed E-state index contributed by atoms with van der Waals surface area (Å²) >= 11 is 0. The Morgan fingerprint density at radius 3 is 2.50 bits per heavy atom. The molecular weight excluding hydrogens is 467 g/mol. The van der Waals surface area contributed by atoms with E-state index in [1.54, 1.807) is 20.5 Å². The third kappa shape index (κ3) is 5.44. The minimum Gasteiger partial charge on any atom is -0.497 e. The lowest BCUT2D eigenvalue weighted by molar-refractivity contribution is 0.414. The van der Waals surface area contributed by atoms with Crippen molar-refractivity contribution in [2.45, 2.75) is 13.1 Å². The smallest absolute Gasteiger partial charge is 0.194 e. The second-order valence-corrected chi connectivity index (χ2v) is 6.06. The number of para-hydroxylation sites is 1. The molecule has 7 nitrogen and oxygen atoms in total. The number of rotatable bonds is 6. The topological polar surface area (TPSA) is 67.6 Å². The lowest BCUT2D eigenvalue weighted by Crippen LogP contribution is -2.38. The first-order chi connectivity index (χ1) is 13.2. The predicted octanol–water partition coefficient (Wildman–Crippen LogP) is 3.10. The van der Waals surface area contributed by atoms with Gasteiger partial charge in [0.15, 0.2) is 11.8 Å². The van der Waals surface area contributed by atoms with E-state index in [1.165, 1.54) is 5.56 Å². The number of nitrogens with one attached hydrogen (secondary N) is 1. The largest absolute Gasteiger partial charge is 0.497 e. The Morgan fingerprint density at radius 2 is 1.86 bits per heavy atom. The van der Waals surface area contributed by atoms with E-state index in [9.17, 15) is 0 Å². The van der Waals surface area contributed by atoms with E-state index in [1.807, 2.05) is 54.1 Å². The molecule has 3 aromatic rings. The molecular formula is C20H25IN6O. The van der Waals surface area contributed by atoms with Gasteiger partial charge in [-0.05, 0) is 29.8 Å². The van der Waals surface area contributed by atoms with Gasteiger partial charge in [-0.2, -0.15) is 0 Å². The first-order valence-corrected chi connectivity index (χ1v) is 8.70. The quantitative estimate of drug-likeness (QED) is 0.326. The molecule has 148 valence electrons. The lowest BCUT2D eigenvalue weighted by atomic mass is 10.2. The SMILES string of the molecule is CN=C(NCc1nncn1-c1ccccc1)N(C)Cc1ccc(OC)cc1.I. The van der Waals surface area contributed by atoms with Crippen molar-refractivity contribution in [3.8, 4) is 11.4 Å². The van der Waals surface area contributed by atoms with Crippen LogP contribution < -0.4 is 10.1 Å². The van der Waals surface area contributed by atoms with E-state index in [-0.39, 0.29) is 24.0 Å². The fourth-order valence-corrected chi connectivity index (χ4v) is 2.81. The number of hydrogen-bond acceptors (Lipinski definition) is 4. The van der Waals surface area contributed by atoms with E-state index in [0.717, 1.165) is 29.8 Å². The number of guanidine groups is 1. The normalized spacial score (nSPS) is 10.9. The highest BCUT2D eigenvalue weighted by Gasteiger charge is 2.10. The summed E-state index contributed by atoms with van der Waals surface area (Å²) in [6, 6.07) is 18.0. The minimum atomic E-state index is 0. The summed E-state index contributed by atoms with van der Waals surface area (Å²) < 4.78 is 7.17. The molecule has 2 aromatic carbocycles. The number of aromatic nitrogens is 3. The maximum Gasteiger partial charge on any atom is 0.194 e. The Hall–Kier alpha value is -2.62. The first-order valence-electron chi connectivity index (χ1n) is 8.70. The lowest BCUT2D eigenvalue weighted by Gasteiger charge is -2.22. The van der Waals surface area contributed by atoms with Crippen LogP contribution in [0, 0.1) is 0 Å². The van der Waals surface area contributed by atoms with Crippen molar-refractivity contribution in [1.29, 1.82) is 0 Å². The van der Waals surface area contributed by atoms with E-state index < -0.39 is 0 Å². The van der Waals surface area contributed by atoms with Gasteiger partial charge < -0.3 is 15.0 Å². The maximum atomic E-state index is 5.21. The number of aliphatic imine (C=N–C) groups is 1. The fraction of sp³-hybridized carbons (Fsp3) is 0.250. The maximum absolute atomic E-state index is 5.21. The molecule has 0 spiro atoms. The zero-order valence-corrected chi connectivity index (χ0v) is 18.6. The van der Waals surface area contributed by atoms with Gasteiger partial charge in [0.05, 0.1) is 13.7 Å². The highest BCUT2D eigenvalue weighted by molar-refractivity contribution is 14.0. The van der Waals surface area contributed by atoms with Crippen molar-refractivity contribution in [2.24, 2.45) is 4.99 Å². The molecule has 0 amide bonds. The molecule has 0 unspecified atom stereocenters. The fourth-order valence-electron chi connectivity index (χ4n) is 2.81. The highest BCUT2D eigenvalue weighted by Crippen LogP contribution is 2.13. The van der Waals surface area contributed by atoms with E-state index in [4.69, 9.17) is 4.74 Å². The minimum absolute atomic E-state index is 0. The van der Waals surface area contributed by atoms with Gasteiger partial charge in [0, 0.05) is 26.3 Å². The molecule has 0 aliphatic heterocycles. The van der Waals surface area contributed by atoms with Crippen molar-refractivity contribution in [1.82, 2.24) is 25.0 Å². The van der Waals surface area contributed by atoms with Crippen LogP contribution in [-0.4, -0.2) is 46.8 Å². The van der Waals surface area contributed by atoms with Gasteiger partial charge in [0.2, 0.25) is 0 Å². The Morgan fingerprint density at radius 1 is 1.14 bits per heavy atom. The summed E-state index contributed by atoms with van der Waals surface area (Å²) in [5.41, 5.74) is 2.20. The number of methoxy groups -OCH3 is 1. The van der Waals surface area contributed by atoms with Crippen LogP contribution in [0.4, 0.5) is 0 Å². The number of nitrogens with zero attached hydrogens (tertiary/aromatic N) is 5. The summed E-state index contributed by atoms with van der Waals surface area (Å²) in [4.78, 5) is 6.43. The molecule has 8 heteroatoms. The predicted molar refractivity (Wildman–Crippen MR) is 121 cm³/mol. The van der Waals surface area contributed by atoms with Crippen molar-refractivity contribution < 1.29 is 4.74 Å². The van der Waals surface area contributed by atoms with Crippen LogP contribution in [0.2, 0.25) is 0 Å². The van der Waals surface area contributed by atoms with Gasteiger partial charge in [-0.25, -0.2) is 0 Å². The number of hydrogen-bond donors (Lipinski definition) is 1. The number of halogens is 1. The molecule has 1 heterocycles. The first kappa shape index (κ1) is 21.7. The molecule has 0 atom stereocenters. The Bertz CT molecular complexity index is 879. The Balaban J connectivity index is 0.00000280. The third-order valence-electron chi connectivity index (χ3n) is 4.21. The molecule has 0 aliphatic rings. The third-order valence-corrected chi connectivity index (χ3v) is 4.21. The zero-order valence-electron chi connectivity index (χ0n) is 16.2. The van der Waals surface area contributed by atoms with Gasteiger partial charge in [0.25, 0.3) is 0 Å². The summed E-state index contributed by atoms with van der Waals surface area (Å²) in [7, 11) is 5.44. The van der Waals surface area contributed by atoms with Crippen LogP contribution in [0.25, 0.3) is 5.69 Å². The average molecular weight is 492 g/mol. The van der Waals surface area contributed by atoms with Gasteiger partial charge in [-0.1, -0.05) is 30.3 Å². The molecule has 0 saturated heterocycles. The Kier molecular flexibility index (Phi) is 8.24. The van der Waals surface area contributed by atoms with Gasteiger partial charge in [-0.3, -0.25) is 9.56 Å². The summed E-state index contributed by atoms with van der Waals surface area (Å²) in [6.07, 6.45) is 1.72. The average Bonchev–Trinajstić information content (AvgIpc) is 3.18. The molecule has 28 heavy (non-hydrogen) atoms. The molecule has 3 rings (SSSR count). The van der Waals surface area contributed by atoms with Gasteiger partial charge in [-0.15, -0.1) is 34.2 Å². The standard InChI is InChI=1S/C20H24N6O.HI/c1-21-20(25(2)14-16-9-11-18(27-3)12-10-16)22-13-19-24-23-15-26(19)17-7-5-4-6-8-17;/h4-12,15H,13-14H2,1-3H3,(H,21,22);1H. The van der Waals surface area contributed by atoms with Crippen molar-refractivity contribution in [3.05, 3.63) is 72.3 Å². The Labute approximate surface area is 182 Å². The summed E-state index contributed by atoms with van der Waals surface area (Å²) in [5.74, 6) is 2.46. The monoisotopic (exact) mass is 492 g/mol. The van der Waals surface area contributed by atoms with Crippen LogP contribution in [0.1, 0.15) is 11.4 Å². The van der Waals surface area contributed by atoms with Gasteiger partial charge in [0.1, 0.15) is 12.1 Å². The highest BCUT2D eigenvalue weighted by atomic mass is 127. The molecule has 0 aliphatic carbocycles. The van der Waals surface area contributed by atoms with Crippen molar-refractivity contribution in [2.75, 3.05) is 21.2 Å². The molecule has 0 bridgehead atoms. The number of benzene rings is 2. The van der Waals surface area contributed by atoms with Crippen LogP contribution >= 0.6 is 24.0 Å². The molecule has 0 radical (unpaired) electrons.